The summed E-state index contributed by atoms with van der Waals surface area (Å²) in [6.07, 6.45) is 0. The van der Waals surface area contributed by atoms with Gasteiger partial charge in [-0.05, 0) is 55.8 Å². The van der Waals surface area contributed by atoms with Crippen molar-refractivity contribution in [1.82, 2.24) is 5.43 Å². The minimum atomic E-state index is -0.517. The predicted octanol–water partition coefficient (Wildman–Crippen LogP) is 4.07. The number of nitrogens with zero attached hydrogens (tertiary/aromatic N) is 2. The average molecular weight is 446 g/mol. The van der Waals surface area contributed by atoms with E-state index >= 15 is 0 Å². The first-order chi connectivity index (χ1) is 15.8. The number of nitrogens with one attached hydrogen (secondary N) is 2. The van der Waals surface area contributed by atoms with Gasteiger partial charge in [0.2, 0.25) is 0 Å². The number of hydrogen-bond donors (Lipinski definition) is 2. The van der Waals surface area contributed by atoms with Crippen LogP contribution in [0.15, 0.2) is 77.9 Å². The third kappa shape index (κ3) is 6.73. The highest BCUT2D eigenvalue weighted by Crippen LogP contribution is 2.17. The van der Waals surface area contributed by atoms with Crippen LogP contribution in [0.1, 0.15) is 28.4 Å². The zero-order valence-corrected chi connectivity index (χ0v) is 18.1. The number of non-ortho nitro benzene ring substituents is 1. The number of carbonyl (C=O) groups is 2. The van der Waals surface area contributed by atoms with Crippen molar-refractivity contribution in [3.05, 3.63) is 99.6 Å². The van der Waals surface area contributed by atoms with E-state index < -0.39 is 10.8 Å². The Hall–Kier alpha value is -4.53. The Balaban J connectivity index is 1.56. The summed E-state index contributed by atoms with van der Waals surface area (Å²) in [6.45, 7) is 3.34. The summed E-state index contributed by atoms with van der Waals surface area (Å²) in [6, 6.07) is 19.8. The lowest BCUT2D eigenvalue weighted by Crippen LogP contribution is -2.25. The highest BCUT2D eigenvalue weighted by Gasteiger charge is 2.09. The molecule has 3 rings (SSSR count). The van der Waals surface area contributed by atoms with Crippen LogP contribution in [0.5, 0.6) is 5.75 Å². The molecule has 33 heavy (non-hydrogen) atoms. The highest BCUT2D eigenvalue weighted by molar-refractivity contribution is 6.05. The van der Waals surface area contributed by atoms with Crippen LogP contribution in [0.3, 0.4) is 0 Å². The van der Waals surface area contributed by atoms with Gasteiger partial charge < -0.3 is 10.1 Å². The maximum absolute atomic E-state index is 12.5. The number of amides is 2. The lowest BCUT2D eigenvalue weighted by Gasteiger charge is -2.09. The Morgan fingerprint density at radius 1 is 1.00 bits per heavy atom. The Bertz CT molecular complexity index is 1210. The van der Waals surface area contributed by atoms with Crippen LogP contribution in [0.2, 0.25) is 0 Å². The third-order valence-electron chi connectivity index (χ3n) is 4.58. The van der Waals surface area contributed by atoms with Gasteiger partial charge >= 0.3 is 0 Å². The van der Waals surface area contributed by atoms with Gasteiger partial charge in [-0.25, -0.2) is 5.43 Å². The second-order valence-corrected chi connectivity index (χ2v) is 7.18. The predicted molar refractivity (Wildman–Crippen MR) is 125 cm³/mol. The van der Waals surface area contributed by atoms with E-state index in [9.17, 15) is 19.7 Å². The van der Waals surface area contributed by atoms with Crippen molar-refractivity contribution in [3.8, 4) is 5.75 Å². The van der Waals surface area contributed by atoms with E-state index in [4.69, 9.17) is 4.74 Å². The van der Waals surface area contributed by atoms with E-state index in [1.807, 2.05) is 19.1 Å². The van der Waals surface area contributed by atoms with Gasteiger partial charge in [0.1, 0.15) is 5.75 Å². The zero-order chi connectivity index (χ0) is 23.8. The number of hydrogen-bond acceptors (Lipinski definition) is 6. The minimum absolute atomic E-state index is 0.0654. The van der Waals surface area contributed by atoms with Crippen molar-refractivity contribution in [3.63, 3.8) is 0 Å². The second kappa shape index (κ2) is 10.7. The fourth-order valence-electron chi connectivity index (χ4n) is 2.87. The van der Waals surface area contributed by atoms with Crippen LogP contribution in [-0.4, -0.2) is 29.1 Å². The Morgan fingerprint density at radius 3 is 2.39 bits per heavy atom. The van der Waals surface area contributed by atoms with Gasteiger partial charge in [0.25, 0.3) is 17.5 Å². The first-order valence-electron chi connectivity index (χ1n) is 10.0. The van der Waals surface area contributed by atoms with Crippen LogP contribution in [0, 0.1) is 17.0 Å². The first kappa shape index (κ1) is 23.1. The number of rotatable bonds is 8. The van der Waals surface area contributed by atoms with Crippen LogP contribution in [0.4, 0.5) is 11.4 Å². The molecule has 0 aromatic heterocycles. The zero-order valence-electron chi connectivity index (χ0n) is 18.1. The molecule has 0 aliphatic heterocycles. The summed E-state index contributed by atoms with van der Waals surface area (Å²) >= 11 is 0. The molecule has 0 unspecified atom stereocenters. The first-order valence-corrected chi connectivity index (χ1v) is 10.0. The number of anilines is 1. The van der Waals surface area contributed by atoms with Crippen molar-refractivity contribution in [2.75, 3.05) is 11.9 Å². The van der Waals surface area contributed by atoms with Crippen molar-refractivity contribution in [2.24, 2.45) is 5.10 Å². The van der Waals surface area contributed by atoms with Gasteiger partial charge in [-0.15, -0.1) is 0 Å². The molecule has 0 atom stereocenters. The molecule has 0 aliphatic carbocycles. The normalized spacial score (nSPS) is 10.9. The van der Waals surface area contributed by atoms with E-state index in [2.05, 4.69) is 15.8 Å². The monoisotopic (exact) mass is 446 g/mol. The van der Waals surface area contributed by atoms with Crippen LogP contribution in [0.25, 0.3) is 0 Å². The third-order valence-corrected chi connectivity index (χ3v) is 4.58. The molecule has 0 saturated heterocycles. The maximum Gasteiger partial charge on any atom is 0.277 e. The lowest BCUT2D eigenvalue weighted by atomic mass is 10.1. The molecule has 9 nitrogen and oxygen atoms in total. The van der Waals surface area contributed by atoms with Crippen molar-refractivity contribution in [2.45, 2.75) is 13.8 Å². The lowest BCUT2D eigenvalue weighted by molar-refractivity contribution is -0.384. The molecule has 0 bridgehead atoms. The molecule has 0 aliphatic rings. The molecule has 0 radical (unpaired) electrons. The molecule has 0 fully saturated rings. The van der Waals surface area contributed by atoms with Crippen molar-refractivity contribution >= 4 is 28.9 Å². The quantitative estimate of drug-likeness (QED) is 0.307. The minimum Gasteiger partial charge on any atom is -0.484 e. The molecule has 3 aromatic carbocycles. The fraction of sp³-hybridized carbons (Fsp3) is 0.125. The standard InChI is InChI=1S/C24H22N4O5/c1-16-5-3-7-19(13-16)24(30)25-20-8-4-6-18(14-20)17(2)26-27-23(29)15-33-22-11-9-21(10-12-22)28(31)32/h3-14H,15H2,1-2H3,(H,25,30)(H,27,29)/b26-17+. The van der Waals surface area contributed by atoms with E-state index in [0.29, 0.717) is 28.3 Å². The summed E-state index contributed by atoms with van der Waals surface area (Å²) in [5.74, 6) is -0.382. The number of nitro benzene ring substituents is 1. The van der Waals surface area contributed by atoms with Gasteiger partial charge in [0.15, 0.2) is 6.61 Å². The van der Waals surface area contributed by atoms with Gasteiger partial charge in [-0.1, -0.05) is 29.8 Å². The highest BCUT2D eigenvalue weighted by atomic mass is 16.6. The number of nitro groups is 1. The molecular weight excluding hydrogens is 424 g/mol. The van der Waals surface area contributed by atoms with Gasteiger partial charge in [-0.2, -0.15) is 5.10 Å². The SMILES string of the molecule is C/C(=N\NC(=O)COc1ccc([N+](=O)[O-])cc1)c1cccc(NC(=O)c2cccc(C)c2)c1. The van der Waals surface area contributed by atoms with E-state index in [1.54, 1.807) is 43.3 Å². The van der Waals surface area contributed by atoms with Gasteiger partial charge in [0.05, 0.1) is 10.6 Å². The molecule has 0 saturated carbocycles. The van der Waals surface area contributed by atoms with Crippen LogP contribution < -0.4 is 15.5 Å². The molecule has 3 aromatic rings. The average Bonchev–Trinajstić information content (AvgIpc) is 2.81. The van der Waals surface area contributed by atoms with Gasteiger partial charge in [0, 0.05) is 23.4 Å². The van der Waals surface area contributed by atoms with E-state index in [0.717, 1.165) is 5.56 Å². The Morgan fingerprint density at radius 2 is 1.70 bits per heavy atom. The Kier molecular flexibility index (Phi) is 7.48. The van der Waals surface area contributed by atoms with E-state index in [1.165, 1.54) is 24.3 Å². The Labute approximate surface area is 190 Å². The summed E-state index contributed by atoms with van der Waals surface area (Å²) in [4.78, 5) is 34.6. The number of benzene rings is 3. The number of aryl methyl sites for hydroxylation is 1. The number of carbonyl (C=O) groups excluding carboxylic acids is 2. The second-order valence-electron chi connectivity index (χ2n) is 7.18. The van der Waals surface area contributed by atoms with Gasteiger partial charge in [-0.3, -0.25) is 19.7 Å². The molecule has 2 amide bonds. The summed E-state index contributed by atoms with van der Waals surface area (Å²) in [5.41, 5.74) is 5.74. The number of ether oxygens (including phenoxy) is 1. The smallest absolute Gasteiger partial charge is 0.277 e. The largest absolute Gasteiger partial charge is 0.484 e. The molecule has 168 valence electrons. The van der Waals surface area contributed by atoms with Crippen LogP contribution >= 0.6 is 0 Å². The van der Waals surface area contributed by atoms with Crippen molar-refractivity contribution < 1.29 is 19.2 Å². The summed E-state index contributed by atoms with van der Waals surface area (Å²) in [5, 5.41) is 17.6. The summed E-state index contributed by atoms with van der Waals surface area (Å²) in [7, 11) is 0. The maximum atomic E-state index is 12.5. The molecule has 0 spiro atoms. The molecule has 0 heterocycles. The van der Waals surface area contributed by atoms with E-state index in [-0.39, 0.29) is 18.2 Å². The summed E-state index contributed by atoms with van der Waals surface area (Å²) < 4.78 is 5.30. The van der Waals surface area contributed by atoms with Crippen LogP contribution in [-0.2, 0) is 4.79 Å². The van der Waals surface area contributed by atoms with Crippen molar-refractivity contribution in [1.29, 1.82) is 0 Å². The fourth-order valence-corrected chi connectivity index (χ4v) is 2.87. The topological polar surface area (TPSA) is 123 Å². The molecule has 2 N–H and O–H groups in total. The number of hydrazone groups is 1. The molecular formula is C24H22N4O5. The molecule has 9 heteroatoms.